The number of ether oxygens (including phenoxy) is 2. The largest absolute Gasteiger partial charge is 0.497 e. The monoisotopic (exact) mass is 385 g/mol. The van der Waals surface area contributed by atoms with Crippen molar-refractivity contribution in [2.24, 2.45) is 0 Å². The fraction of sp³-hybridized carbons (Fsp3) is 0.350. The predicted octanol–water partition coefficient (Wildman–Crippen LogP) is 2.72. The first-order valence-electron chi connectivity index (χ1n) is 9.07. The van der Waals surface area contributed by atoms with Gasteiger partial charge in [-0.15, -0.1) is 0 Å². The van der Waals surface area contributed by atoms with E-state index in [1.807, 2.05) is 24.3 Å². The molecule has 8 heteroatoms. The third kappa shape index (κ3) is 4.33. The highest BCUT2D eigenvalue weighted by Gasteiger charge is 2.27. The van der Waals surface area contributed by atoms with Crippen LogP contribution in [0, 0.1) is 10.1 Å². The number of hydrogen-bond donors (Lipinski definition) is 0. The molecule has 0 radical (unpaired) electrons. The molecule has 0 aliphatic carbocycles. The van der Waals surface area contributed by atoms with Crippen molar-refractivity contribution in [3.05, 3.63) is 58.6 Å². The first kappa shape index (κ1) is 19.5. The van der Waals surface area contributed by atoms with Gasteiger partial charge in [0.05, 0.1) is 12.0 Å². The van der Waals surface area contributed by atoms with Crippen LogP contribution in [-0.2, 0) is 4.79 Å². The van der Waals surface area contributed by atoms with Crippen molar-refractivity contribution in [3.63, 3.8) is 0 Å². The van der Waals surface area contributed by atoms with E-state index >= 15 is 0 Å². The average molecular weight is 385 g/mol. The third-order valence-electron chi connectivity index (χ3n) is 4.74. The summed E-state index contributed by atoms with van der Waals surface area (Å²) in [5, 5.41) is 11.1. The second kappa shape index (κ2) is 8.60. The van der Waals surface area contributed by atoms with Gasteiger partial charge in [0, 0.05) is 37.9 Å². The number of nitro benzene ring substituents is 1. The summed E-state index contributed by atoms with van der Waals surface area (Å²) >= 11 is 0. The molecule has 148 valence electrons. The highest BCUT2D eigenvalue weighted by molar-refractivity contribution is 5.81. The average Bonchev–Trinajstić information content (AvgIpc) is 2.73. The van der Waals surface area contributed by atoms with Gasteiger partial charge in [-0.1, -0.05) is 12.1 Å². The van der Waals surface area contributed by atoms with Crippen LogP contribution < -0.4 is 14.4 Å². The van der Waals surface area contributed by atoms with Crippen molar-refractivity contribution >= 4 is 17.3 Å². The second-order valence-corrected chi connectivity index (χ2v) is 6.50. The van der Waals surface area contributed by atoms with Gasteiger partial charge < -0.3 is 19.3 Å². The molecule has 2 aromatic carbocycles. The van der Waals surface area contributed by atoms with Crippen molar-refractivity contribution in [2.75, 3.05) is 38.2 Å². The Morgan fingerprint density at radius 3 is 2.32 bits per heavy atom. The summed E-state index contributed by atoms with van der Waals surface area (Å²) in [6.45, 7) is 4.16. The Hall–Kier alpha value is -3.29. The Morgan fingerprint density at radius 2 is 1.71 bits per heavy atom. The zero-order chi connectivity index (χ0) is 20.1. The highest BCUT2D eigenvalue weighted by atomic mass is 16.6. The maximum absolute atomic E-state index is 12.7. The van der Waals surface area contributed by atoms with Gasteiger partial charge in [0.2, 0.25) is 0 Å². The maximum atomic E-state index is 12.7. The summed E-state index contributed by atoms with van der Waals surface area (Å²) in [4.78, 5) is 27.2. The molecule has 28 heavy (non-hydrogen) atoms. The Morgan fingerprint density at radius 1 is 1.07 bits per heavy atom. The predicted molar refractivity (Wildman–Crippen MR) is 105 cm³/mol. The Balaban J connectivity index is 1.58. The lowest BCUT2D eigenvalue weighted by Gasteiger charge is -2.37. The van der Waals surface area contributed by atoms with E-state index in [1.165, 1.54) is 12.1 Å². The molecule has 1 amide bonds. The van der Waals surface area contributed by atoms with Crippen molar-refractivity contribution in [3.8, 4) is 11.5 Å². The number of methoxy groups -OCH3 is 1. The molecule has 1 fully saturated rings. The smallest absolute Gasteiger partial charge is 0.310 e. The molecule has 3 rings (SSSR count). The van der Waals surface area contributed by atoms with Crippen molar-refractivity contribution in [2.45, 2.75) is 13.0 Å². The summed E-state index contributed by atoms with van der Waals surface area (Å²) in [5.41, 5.74) is 0.934. The van der Waals surface area contributed by atoms with E-state index in [0.29, 0.717) is 26.2 Å². The maximum Gasteiger partial charge on any atom is 0.310 e. The molecular formula is C20H23N3O5. The molecule has 0 spiro atoms. The Kier molecular flexibility index (Phi) is 5.98. The van der Waals surface area contributed by atoms with E-state index in [9.17, 15) is 14.9 Å². The van der Waals surface area contributed by atoms with Crippen LogP contribution in [0.25, 0.3) is 0 Å². The van der Waals surface area contributed by atoms with Crippen LogP contribution in [0.1, 0.15) is 6.92 Å². The lowest BCUT2D eigenvalue weighted by atomic mass is 10.2. The molecule has 1 heterocycles. The van der Waals surface area contributed by atoms with Gasteiger partial charge in [0.1, 0.15) is 5.75 Å². The fourth-order valence-corrected chi connectivity index (χ4v) is 3.18. The summed E-state index contributed by atoms with van der Waals surface area (Å²) in [6.07, 6.45) is -0.798. The van der Waals surface area contributed by atoms with Gasteiger partial charge in [-0.3, -0.25) is 14.9 Å². The Labute approximate surface area is 163 Å². The van der Waals surface area contributed by atoms with Crippen LogP contribution in [0.2, 0.25) is 0 Å². The molecule has 8 nitrogen and oxygen atoms in total. The molecule has 0 saturated carbocycles. The van der Waals surface area contributed by atoms with E-state index in [2.05, 4.69) is 4.90 Å². The number of nitro groups is 1. The molecule has 0 bridgehead atoms. The number of anilines is 1. The zero-order valence-electron chi connectivity index (χ0n) is 15.9. The Bertz CT molecular complexity index is 832. The summed E-state index contributed by atoms with van der Waals surface area (Å²) in [6, 6.07) is 13.9. The number of nitrogens with zero attached hydrogens (tertiary/aromatic N) is 3. The zero-order valence-corrected chi connectivity index (χ0v) is 15.9. The van der Waals surface area contributed by atoms with Crippen LogP contribution in [0.4, 0.5) is 11.4 Å². The summed E-state index contributed by atoms with van der Waals surface area (Å²) in [5.74, 6) is 0.733. The molecule has 1 aliphatic heterocycles. The first-order valence-corrected chi connectivity index (χ1v) is 9.07. The second-order valence-electron chi connectivity index (χ2n) is 6.50. The summed E-state index contributed by atoms with van der Waals surface area (Å²) in [7, 11) is 1.63. The molecule has 1 aliphatic rings. The fourth-order valence-electron chi connectivity index (χ4n) is 3.18. The van der Waals surface area contributed by atoms with Gasteiger partial charge in [-0.05, 0) is 37.3 Å². The van der Waals surface area contributed by atoms with Gasteiger partial charge in [-0.2, -0.15) is 0 Å². The molecule has 2 aromatic rings. The number of carbonyl (C=O) groups excluding carboxylic acids is 1. The SMILES string of the molecule is COc1ccc(N2CCN(C(=O)[C@H](C)Oc3ccccc3[N+](=O)[O-])CC2)cc1. The number of para-hydroxylation sites is 2. The number of hydrogen-bond acceptors (Lipinski definition) is 6. The van der Waals surface area contributed by atoms with Gasteiger partial charge in [0.15, 0.2) is 11.9 Å². The first-order chi connectivity index (χ1) is 13.5. The topological polar surface area (TPSA) is 85.2 Å². The standard InChI is InChI=1S/C20H23N3O5/c1-15(28-19-6-4-3-5-18(19)23(25)26)20(24)22-13-11-21(12-14-22)16-7-9-17(27-2)10-8-16/h3-10,15H,11-14H2,1-2H3/t15-/m0/s1. The van der Waals surface area contributed by atoms with Gasteiger partial charge >= 0.3 is 5.69 Å². The minimum absolute atomic E-state index is 0.102. The number of piperazine rings is 1. The van der Waals surface area contributed by atoms with Crippen molar-refractivity contribution in [1.29, 1.82) is 0 Å². The number of benzene rings is 2. The molecular weight excluding hydrogens is 362 g/mol. The third-order valence-corrected chi connectivity index (χ3v) is 4.74. The van der Waals surface area contributed by atoms with Crippen molar-refractivity contribution in [1.82, 2.24) is 4.90 Å². The lowest BCUT2D eigenvalue weighted by Crippen LogP contribution is -2.52. The quantitative estimate of drug-likeness (QED) is 0.561. The van der Waals surface area contributed by atoms with Crippen molar-refractivity contribution < 1.29 is 19.2 Å². The number of amides is 1. The molecule has 0 N–H and O–H groups in total. The van der Waals surface area contributed by atoms with E-state index in [0.717, 1.165) is 11.4 Å². The number of rotatable bonds is 6. The lowest BCUT2D eigenvalue weighted by molar-refractivity contribution is -0.386. The van der Waals surface area contributed by atoms with E-state index < -0.39 is 11.0 Å². The van der Waals surface area contributed by atoms with E-state index in [1.54, 1.807) is 31.1 Å². The summed E-state index contributed by atoms with van der Waals surface area (Å²) < 4.78 is 10.8. The molecule has 0 aromatic heterocycles. The van der Waals surface area contributed by atoms with Crippen LogP contribution in [0.15, 0.2) is 48.5 Å². The number of carbonyl (C=O) groups is 1. The molecule has 1 saturated heterocycles. The van der Waals surface area contributed by atoms with Crippen LogP contribution in [-0.4, -0.2) is 55.1 Å². The van der Waals surface area contributed by atoms with E-state index in [-0.39, 0.29) is 17.3 Å². The normalized spacial score (nSPS) is 15.1. The highest BCUT2D eigenvalue weighted by Crippen LogP contribution is 2.27. The minimum atomic E-state index is -0.798. The van der Waals surface area contributed by atoms with E-state index in [4.69, 9.17) is 9.47 Å². The van der Waals surface area contributed by atoms with Gasteiger partial charge in [0.25, 0.3) is 5.91 Å². The van der Waals surface area contributed by atoms with Gasteiger partial charge in [-0.25, -0.2) is 0 Å². The molecule has 0 unspecified atom stereocenters. The van der Waals surface area contributed by atoms with Crippen LogP contribution in [0.5, 0.6) is 11.5 Å². The van der Waals surface area contributed by atoms with Crippen LogP contribution >= 0.6 is 0 Å². The molecule has 1 atom stereocenters. The van der Waals surface area contributed by atoms with Crippen LogP contribution in [0.3, 0.4) is 0 Å². The minimum Gasteiger partial charge on any atom is -0.497 e.